The number of aliphatic hydroxyl groups is 1. The van der Waals surface area contributed by atoms with Gasteiger partial charge in [0.05, 0.1) is 30.7 Å². The summed E-state index contributed by atoms with van der Waals surface area (Å²) in [6.45, 7) is 9.85. The summed E-state index contributed by atoms with van der Waals surface area (Å²) in [6.07, 6.45) is 4.38. The number of aromatic nitrogens is 3. The van der Waals surface area contributed by atoms with Gasteiger partial charge in [-0.25, -0.2) is 0 Å². The van der Waals surface area contributed by atoms with Gasteiger partial charge in [0, 0.05) is 31.3 Å². The zero-order valence-corrected chi connectivity index (χ0v) is 18.3. The molecule has 0 aliphatic carbocycles. The topological polar surface area (TPSA) is 84.5 Å². The first kappa shape index (κ1) is 21.8. The fourth-order valence-electron chi connectivity index (χ4n) is 3.64. The van der Waals surface area contributed by atoms with E-state index >= 15 is 0 Å². The molecule has 7 nitrogen and oxygen atoms in total. The zero-order valence-electron chi connectivity index (χ0n) is 18.3. The molecule has 1 unspecified atom stereocenters. The van der Waals surface area contributed by atoms with Crippen LogP contribution in [-0.4, -0.2) is 46.5 Å². The molecule has 0 saturated heterocycles. The van der Waals surface area contributed by atoms with E-state index in [0.717, 1.165) is 53.2 Å². The van der Waals surface area contributed by atoms with Crippen LogP contribution in [0.5, 0.6) is 5.75 Å². The lowest BCUT2D eigenvalue weighted by molar-refractivity contribution is 0.194. The van der Waals surface area contributed by atoms with Crippen molar-refractivity contribution in [1.29, 1.82) is 0 Å². The first-order valence-electron chi connectivity index (χ1n) is 10.4. The average molecular weight is 411 g/mol. The number of aryl methyl sites for hydroxylation is 1. The van der Waals surface area contributed by atoms with Crippen LogP contribution in [0.25, 0.3) is 22.8 Å². The van der Waals surface area contributed by atoms with E-state index in [1.807, 2.05) is 24.4 Å². The van der Waals surface area contributed by atoms with Crippen molar-refractivity contribution in [2.45, 2.75) is 46.6 Å². The Morgan fingerprint density at radius 3 is 2.43 bits per heavy atom. The number of methoxy groups -OCH3 is 1. The zero-order chi connectivity index (χ0) is 21.7. The summed E-state index contributed by atoms with van der Waals surface area (Å²) < 4.78 is 11.2. The molecular formula is C23H30N4O3. The van der Waals surface area contributed by atoms with Crippen LogP contribution in [0, 0.1) is 0 Å². The minimum atomic E-state index is -0.478. The summed E-state index contributed by atoms with van der Waals surface area (Å²) in [5.41, 5.74) is 4.62. The molecule has 160 valence electrons. The van der Waals surface area contributed by atoms with Gasteiger partial charge in [0.1, 0.15) is 5.75 Å². The Kier molecular flexibility index (Phi) is 7.05. The van der Waals surface area contributed by atoms with Crippen LogP contribution in [0.2, 0.25) is 0 Å². The third kappa shape index (κ3) is 4.62. The molecule has 0 aliphatic heterocycles. The second-order valence-electron chi connectivity index (χ2n) is 7.26. The van der Waals surface area contributed by atoms with Gasteiger partial charge in [-0.05, 0) is 56.5 Å². The Bertz CT molecular complexity index is 980. The van der Waals surface area contributed by atoms with Gasteiger partial charge >= 0.3 is 0 Å². The molecule has 0 bridgehead atoms. The van der Waals surface area contributed by atoms with Gasteiger partial charge in [0.2, 0.25) is 5.82 Å². The summed E-state index contributed by atoms with van der Waals surface area (Å²) in [5, 5.41) is 14.1. The van der Waals surface area contributed by atoms with Gasteiger partial charge < -0.3 is 19.3 Å². The van der Waals surface area contributed by atoms with Gasteiger partial charge in [0.25, 0.3) is 5.89 Å². The van der Waals surface area contributed by atoms with Crippen molar-refractivity contribution in [1.82, 2.24) is 15.1 Å². The lowest BCUT2D eigenvalue weighted by Gasteiger charge is -2.20. The predicted molar refractivity (Wildman–Crippen MR) is 118 cm³/mol. The third-order valence-corrected chi connectivity index (χ3v) is 5.13. The Labute approximate surface area is 177 Å². The smallest absolute Gasteiger partial charge is 0.259 e. The molecule has 0 aliphatic rings. The maximum atomic E-state index is 9.90. The van der Waals surface area contributed by atoms with Crippen LogP contribution < -0.4 is 9.64 Å². The SMILES string of the molecule is CCc1cc(-c2noc(-c3cncc(N(CC)CC)c3)n2)cc(CC(C)O)c1OC. The first-order chi connectivity index (χ1) is 14.5. The van der Waals surface area contributed by atoms with Crippen molar-refractivity contribution in [2.75, 3.05) is 25.1 Å². The van der Waals surface area contributed by atoms with Gasteiger partial charge in [-0.3, -0.25) is 4.98 Å². The van der Waals surface area contributed by atoms with Crippen molar-refractivity contribution in [3.63, 3.8) is 0 Å². The third-order valence-electron chi connectivity index (χ3n) is 5.13. The van der Waals surface area contributed by atoms with Crippen LogP contribution in [0.3, 0.4) is 0 Å². The maximum absolute atomic E-state index is 9.90. The molecule has 0 radical (unpaired) electrons. The number of rotatable bonds is 9. The summed E-state index contributed by atoms with van der Waals surface area (Å²) in [4.78, 5) is 11.2. The molecular weight excluding hydrogens is 380 g/mol. The number of benzene rings is 1. The predicted octanol–water partition coefficient (Wildman–Crippen LogP) is 4.14. The van der Waals surface area contributed by atoms with Gasteiger partial charge in [0.15, 0.2) is 0 Å². The fourth-order valence-corrected chi connectivity index (χ4v) is 3.64. The van der Waals surface area contributed by atoms with Gasteiger partial charge in [-0.2, -0.15) is 4.98 Å². The summed E-state index contributed by atoms with van der Waals surface area (Å²) >= 11 is 0. The Hall–Kier alpha value is -2.93. The van der Waals surface area contributed by atoms with Crippen molar-refractivity contribution in [2.24, 2.45) is 0 Å². The molecule has 1 N–H and O–H groups in total. The van der Waals surface area contributed by atoms with E-state index in [2.05, 4.69) is 40.8 Å². The van der Waals surface area contributed by atoms with Crippen LogP contribution in [0.4, 0.5) is 5.69 Å². The van der Waals surface area contributed by atoms with Crippen LogP contribution in [-0.2, 0) is 12.8 Å². The highest BCUT2D eigenvalue weighted by molar-refractivity contribution is 5.65. The van der Waals surface area contributed by atoms with E-state index in [1.165, 1.54) is 0 Å². The van der Waals surface area contributed by atoms with E-state index < -0.39 is 6.10 Å². The van der Waals surface area contributed by atoms with Gasteiger partial charge in [-0.15, -0.1) is 0 Å². The highest BCUT2D eigenvalue weighted by Gasteiger charge is 2.18. The fraction of sp³-hybridized carbons (Fsp3) is 0.435. The molecule has 3 aromatic rings. The number of pyridine rings is 1. The molecule has 2 heterocycles. The molecule has 7 heteroatoms. The average Bonchev–Trinajstić information content (AvgIpc) is 3.24. The number of aliphatic hydroxyl groups excluding tert-OH is 1. The Morgan fingerprint density at radius 1 is 1.07 bits per heavy atom. The molecule has 0 saturated carbocycles. The van der Waals surface area contributed by atoms with Gasteiger partial charge in [-0.1, -0.05) is 12.1 Å². The highest BCUT2D eigenvalue weighted by Crippen LogP contribution is 2.32. The monoisotopic (exact) mass is 410 g/mol. The minimum absolute atomic E-state index is 0.428. The number of ether oxygens (including phenoxy) is 1. The molecule has 0 spiro atoms. The lowest BCUT2D eigenvalue weighted by Crippen LogP contribution is -2.21. The maximum Gasteiger partial charge on any atom is 0.259 e. The van der Waals surface area contributed by atoms with Crippen molar-refractivity contribution in [3.8, 4) is 28.6 Å². The quantitative estimate of drug-likeness (QED) is 0.567. The summed E-state index contributed by atoms with van der Waals surface area (Å²) in [6, 6.07) is 6.00. The molecule has 3 rings (SSSR count). The van der Waals surface area contributed by atoms with E-state index in [0.29, 0.717) is 18.1 Å². The molecule has 1 atom stereocenters. The van der Waals surface area contributed by atoms with Crippen LogP contribution in [0.15, 0.2) is 35.1 Å². The van der Waals surface area contributed by atoms with E-state index in [-0.39, 0.29) is 0 Å². The normalized spacial score (nSPS) is 12.1. The van der Waals surface area contributed by atoms with E-state index in [9.17, 15) is 5.11 Å². The molecule has 0 fully saturated rings. The number of nitrogens with zero attached hydrogens (tertiary/aromatic N) is 4. The number of hydrogen-bond donors (Lipinski definition) is 1. The van der Waals surface area contributed by atoms with Crippen LogP contribution >= 0.6 is 0 Å². The molecule has 30 heavy (non-hydrogen) atoms. The molecule has 0 amide bonds. The van der Waals surface area contributed by atoms with E-state index in [4.69, 9.17) is 9.26 Å². The highest BCUT2D eigenvalue weighted by atomic mass is 16.5. The standard InChI is InChI=1S/C23H30N4O3/c1-6-16-10-18(11-17(9-15(4)28)21(16)29-5)22-25-23(30-26-22)19-12-20(14-24-13-19)27(7-2)8-3/h10-15,28H,6-9H2,1-5H3. The van der Waals surface area contributed by atoms with Crippen molar-refractivity contribution < 1.29 is 14.4 Å². The second-order valence-corrected chi connectivity index (χ2v) is 7.26. The summed E-state index contributed by atoms with van der Waals surface area (Å²) in [7, 11) is 1.65. The second kappa shape index (κ2) is 9.71. The minimum Gasteiger partial charge on any atom is -0.496 e. The molecule has 2 aromatic heterocycles. The largest absolute Gasteiger partial charge is 0.496 e. The van der Waals surface area contributed by atoms with Crippen molar-refractivity contribution >= 4 is 5.69 Å². The van der Waals surface area contributed by atoms with E-state index in [1.54, 1.807) is 20.2 Å². The summed E-state index contributed by atoms with van der Waals surface area (Å²) in [5.74, 6) is 1.74. The lowest BCUT2D eigenvalue weighted by atomic mass is 9.98. The Balaban J connectivity index is 1.99. The first-order valence-corrected chi connectivity index (χ1v) is 10.4. The van der Waals surface area contributed by atoms with Crippen molar-refractivity contribution in [3.05, 3.63) is 41.7 Å². The Morgan fingerprint density at radius 2 is 1.80 bits per heavy atom. The van der Waals surface area contributed by atoms with Crippen LogP contribution in [0.1, 0.15) is 38.8 Å². The number of anilines is 1. The number of hydrogen-bond acceptors (Lipinski definition) is 7. The molecule has 1 aromatic carbocycles.